The summed E-state index contributed by atoms with van der Waals surface area (Å²) < 4.78 is 12.0. The van der Waals surface area contributed by atoms with Crippen molar-refractivity contribution in [2.24, 2.45) is 0 Å². The van der Waals surface area contributed by atoms with Gasteiger partial charge in [0.15, 0.2) is 17.5 Å². The second-order valence-electron chi connectivity index (χ2n) is 6.18. The maximum absolute atomic E-state index is 12.7. The first-order chi connectivity index (χ1) is 12.5. The van der Waals surface area contributed by atoms with E-state index in [0.29, 0.717) is 28.1 Å². The van der Waals surface area contributed by atoms with Crippen LogP contribution in [0.4, 0.5) is 5.69 Å². The Hall–Kier alpha value is -3.35. The van der Waals surface area contributed by atoms with Crippen LogP contribution < -0.4 is 15.4 Å². The number of oxazole rings is 1. The summed E-state index contributed by atoms with van der Waals surface area (Å²) in [6, 6.07) is 11.8. The summed E-state index contributed by atoms with van der Waals surface area (Å²) in [6.45, 7) is 1.53. The molecule has 7 nitrogen and oxygen atoms in total. The lowest BCUT2D eigenvalue weighted by Gasteiger charge is -2.30. The van der Waals surface area contributed by atoms with Gasteiger partial charge in [0, 0.05) is 12.6 Å². The molecular formula is C19H16N2O5. The van der Waals surface area contributed by atoms with Crippen molar-refractivity contribution in [3.8, 4) is 5.75 Å². The normalized spacial score (nSPS) is 16.5. The molecule has 1 atom stereocenters. The highest BCUT2D eigenvalue weighted by Crippen LogP contribution is 2.34. The van der Waals surface area contributed by atoms with Crippen LogP contribution in [-0.2, 0) is 11.3 Å². The first-order valence-electron chi connectivity index (χ1n) is 8.15. The van der Waals surface area contributed by atoms with E-state index in [1.165, 1.54) is 9.47 Å². The van der Waals surface area contributed by atoms with Crippen LogP contribution >= 0.6 is 0 Å². The first kappa shape index (κ1) is 16.1. The number of ether oxygens (including phenoxy) is 1. The molecule has 132 valence electrons. The minimum atomic E-state index is -0.582. The number of hydrogen-bond donors (Lipinski definition) is 0. The summed E-state index contributed by atoms with van der Waals surface area (Å²) in [6.07, 6.45) is -0.565. The van der Waals surface area contributed by atoms with Gasteiger partial charge < -0.3 is 14.1 Å². The van der Waals surface area contributed by atoms with Gasteiger partial charge in [0.25, 0.3) is 5.91 Å². The quantitative estimate of drug-likeness (QED) is 0.675. The van der Waals surface area contributed by atoms with Gasteiger partial charge in [0.1, 0.15) is 5.75 Å². The number of carbonyl (C=O) groups is 2. The van der Waals surface area contributed by atoms with Crippen molar-refractivity contribution >= 4 is 28.5 Å². The second-order valence-corrected chi connectivity index (χ2v) is 6.18. The molecule has 0 bridgehead atoms. The van der Waals surface area contributed by atoms with E-state index in [1.54, 1.807) is 56.4 Å². The summed E-state index contributed by atoms with van der Waals surface area (Å²) in [5, 5.41) is 0. The Kier molecular flexibility index (Phi) is 3.64. The monoisotopic (exact) mass is 352 g/mol. The van der Waals surface area contributed by atoms with Gasteiger partial charge in [-0.05, 0) is 37.3 Å². The SMILES string of the molecule is CC1Oc2ccc(C(=O)Cn3c(=O)oc4ccccc43)cc2N(C)C1=O. The van der Waals surface area contributed by atoms with E-state index in [0.717, 1.165) is 0 Å². The molecule has 0 radical (unpaired) electrons. The molecule has 26 heavy (non-hydrogen) atoms. The Morgan fingerprint density at radius 3 is 2.73 bits per heavy atom. The average molecular weight is 352 g/mol. The predicted molar refractivity (Wildman–Crippen MR) is 94.7 cm³/mol. The highest BCUT2D eigenvalue weighted by molar-refractivity contribution is 6.02. The van der Waals surface area contributed by atoms with Crippen LogP contribution in [0.3, 0.4) is 0 Å². The number of Topliss-reactive ketones (excluding diaryl/α,β-unsaturated/α-hetero) is 1. The molecule has 1 aromatic heterocycles. The summed E-state index contributed by atoms with van der Waals surface area (Å²) >= 11 is 0. The zero-order chi connectivity index (χ0) is 18.4. The molecule has 0 saturated heterocycles. The lowest BCUT2D eigenvalue weighted by atomic mass is 10.1. The van der Waals surface area contributed by atoms with Crippen LogP contribution in [0.2, 0.25) is 0 Å². The van der Waals surface area contributed by atoms with E-state index >= 15 is 0 Å². The van der Waals surface area contributed by atoms with Crippen LogP contribution in [0.1, 0.15) is 17.3 Å². The Morgan fingerprint density at radius 1 is 1.15 bits per heavy atom. The fourth-order valence-corrected chi connectivity index (χ4v) is 3.08. The van der Waals surface area contributed by atoms with Crippen molar-refractivity contribution < 1.29 is 18.7 Å². The van der Waals surface area contributed by atoms with E-state index in [-0.39, 0.29) is 18.2 Å². The molecule has 3 aromatic rings. The maximum atomic E-state index is 12.7. The van der Waals surface area contributed by atoms with Gasteiger partial charge in [0.05, 0.1) is 17.7 Å². The molecule has 2 heterocycles. The molecule has 7 heteroatoms. The van der Waals surface area contributed by atoms with E-state index in [9.17, 15) is 14.4 Å². The van der Waals surface area contributed by atoms with Crippen LogP contribution in [-0.4, -0.2) is 29.4 Å². The minimum absolute atomic E-state index is 0.149. The van der Waals surface area contributed by atoms with Crippen molar-refractivity contribution in [3.63, 3.8) is 0 Å². The molecule has 1 amide bonds. The average Bonchev–Trinajstić information content (AvgIpc) is 2.95. The molecule has 2 aromatic carbocycles. The topological polar surface area (TPSA) is 81.8 Å². The number of hydrogen-bond acceptors (Lipinski definition) is 5. The summed E-state index contributed by atoms with van der Waals surface area (Å²) in [5.74, 6) is -0.482. The summed E-state index contributed by atoms with van der Waals surface area (Å²) in [5.41, 5.74) is 1.92. The lowest BCUT2D eigenvalue weighted by molar-refractivity contribution is -0.125. The summed E-state index contributed by atoms with van der Waals surface area (Å²) in [7, 11) is 1.64. The number of para-hydroxylation sites is 2. The van der Waals surface area contributed by atoms with Gasteiger partial charge in [-0.25, -0.2) is 4.79 Å². The zero-order valence-corrected chi connectivity index (χ0v) is 14.3. The number of benzene rings is 2. The van der Waals surface area contributed by atoms with Crippen molar-refractivity contribution in [2.45, 2.75) is 19.6 Å². The smallest absolute Gasteiger partial charge is 0.420 e. The molecule has 4 rings (SSSR count). The molecule has 0 fully saturated rings. The fraction of sp³-hybridized carbons (Fsp3) is 0.211. The van der Waals surface area contributed by atoms with E-state index in [2.05, 4.69) is 0 Å². The number of anilines is 1. The Morgan fingerprint density at radius 2 is 1.92 bits per heavy atom. The lowest BCUT2D eigenvalue weighted by Crippen LogP contribution is -2.42. The number of fused-ring (bicyclic) bond motifs is 2. The van der Waals surface area contributed by atoms with Crippen LogP contribution in [0.25, 0.3) is 11.1 Å². The van der Waals surface area contributed by atoms with Crippen molar-refractivity contribution in [1.29, 1.82) is 0 Å². The Labute approximate surface area is 148 Å². The molecular weight excluding hydrogens is 336 g/mol. The number of likely N-dealkylation sites (N-methyl/N-ethyl adjacent to an activating group) is 1. The van der Waals surface area contributed by atoms with Crippen molar-refractivity contribution in [2.75, 3.05) is 11.9 Å². The third kappa shape index (κ3) is 2.48. The first-order valence-corrected chi connectivity index (χ1v) is 8.15. The number of nitrogens with zero attached hydrogens (tertiary/aromatic N) is 2. The van der Waals surface area contributed by atoms with Crippen molar-refractivity contribution in [1.82, 2.24) is 4.57 Å². The van der Waals surface area contributed by atoms with Gasteiger partial charge >= 0.3 is 5.76 Å². The van der Waals surface area contributed by atoms with Gasteiger partial charge in [-0.3, -0.25) is 14.2 Å². The zero-order valence-electron chi connectivity index (χ0n) is 14.3. The van der Waals surface area contributed by atoms with E-state index < -0.39 is 11.9 Å². The Bertz CT molecular complexity index is 1090. The van der Waals surface area contributed by atoms with E-state index in [4.69, 9.17) is 9.15 Å². The number of carbonyl (C=O) groups excluding carboxylic acids is 2. The largest absolute Gasteiger partial charge is 0.479 e. The molecule has 1 aliphatic heterocycles. The third-order valence-electron chi connectivity index (χ3n) is 4.50. The molecule has 0 spiro atoms. The standard InChI is InChI=1S/C19H16N2O5/c1-11-18(23)20(2)14-9-12(7-8-17(14)25-11)15(22)10-21-13-5-3-4-6-16(13)26-19(21)24/h3-9,11H,10H2,1-2H3. The summed E-state index contributed by atoms with van der Waals surface area (Å²) in [4.78, 5) is 38.3. The van der Waals surface area contributed by atoms with Gasteiger partial charge in [0.2, 0.25) is 0 Å². The fourth-order valence-electron chi connectivity index (χ4n) is 3.08. The highest BCUT2D eigenvalue weighted by Gasteiger charge is 2.29. The van der Waals surface area contributed by atoms with Gasteiger partial charge in [-0.15, -0.1) is 0 Å². The van der Waals surface area contributed by atoms with Crippen LogP contribution in [0, 0.1) is 0 Å². The molecule has 0 saturated carbocycles. The molecule has 0 N–H and O–H groups in total. The van der Waals surface area contributed by atoms with Gasteiger partial charge in [-0.1, -0.05) is 12.1 Å². The molecule has 1 aliphatic rings. The van der Waals surface area contributed by atoms with Crippen LogP contribution in [0.5, 0.6) is 5.75 Å². The maximum Gasteiger partial charge on any atom is 0.420 e. The Balaban J connectivity index is 1.68. The number of ketones is 1. The number of rotatable bonds is 3. The number of amides is 1. The molecule has 1 unspecified atom stereocenters. The number of aromatic nitrogens is 1. The van der Waals surface area contributed by atoms with Crippen molar-refractivity contribution in [3.05, 3.63) is 58.6 Å². The minimum Gasteiger partial charge on any atom is -0.479 e. The second kappa shape index (κ2) is 5.87. The molecule has 0 aliphatic carbocycles. The predicted octanol–water partition coefficient (Wildman–Crippen LogP) is 2.22. The van der Waals surface area contributed by atoms with Gasteiger partial charge in [-0.2, -0.15) is 0 Å². The highest BCUT2D eigenvalue weighted by atomic mass is 16.5. The van der Waals surface area contributed by atoms with Crippen LogP contribution in [0.15, 0.2) is 51.7 Å². The third-order valence-corrected chi connectivity index (χ3v) is 4.50. The van der Waals surface area contributed by atoms with E-state index in [1.807, 2.05) is 0 Å².